The first-order chi connectivity index (χ1) is 13.2. The van der Waals surface area contributed by atoms with Gasteiger partial charge in [0.1, 0.15) is 5.60 Å². The van der Waals surface area contributed by atoms with Gasteiger partial charge in [0, 0.05) is 6.07 Å². The van der Waals surface area contributed by atoms with Gasteiger partial charge in [-0.2, -0.15) is 5.10 Å². The lowest BCUT2D eigenvalue weighted by Gasteiger charge is -2.27. The summed E-state index contributed by atoms with van der Waals surface area (Å²) in [6, 6.07) is 11.4. The summed E-state index contributed by atoms with van der Waals surface area (Å²) in [5.41, 5.74) is 2.38. The summed E-state index contributed by atoms with van der Waals surface area (Å²) in [4.78, 5) is 19.1. The Labute approximate surface area is 170 Å². The molecular weight excluding hydrogens is 376 g/mol. The highest BCUT2D eigenvalue weighted by molar-refractivity contribution is 6.29. The Hall–Kier alpha value is -2.60. The molecule has 0 spiro atoms. The first-order valence-corrected chi connectivity index (χ1v) is 9.62. The molecule has 0 atom stereocenters. The van der Waals surface area contributed by atoms with Crippen molar-refractivity contribution in [3.8, 4) is 0 Å². The van der Waals surface area contributed by atoms with Gasteiger partial charge in [0.2, 0.25) is 0 Å². The number of ether oxygens (including phenoxy) is 1. The summed E-state index contributed by atoms with van der Waals surface area (Å²) in [5, 5.41) is 4.66. The number of hydrogen-bond acceptors (Lipinski definition) is 4. The Morgan fingerprint density at radius 3 is 2.54 bits per heavy atom. The normalized spacial score (nSPS) is 11.8. The number of imidazole rings is 1. The van der Waals surface area contributed by atoms with Crippen molar-refractivity contribution in [1.29, 1.82) is 0 Å². The molecule has 1 amide bonds. The van der Waals surface area contributed by atoms with Crippen LogP contribution in [0.15, 0.2) is 42.6 Å². The van der Waals surface area contributed by atoms with Crippen LogP contribution in [0.4, 0.5) is 10.5 Å². The lowest BCUT2D eigenvalue weighted by Crippen LogP contribution is -2.37. The molecule has 6 nitrogen and oxygen atoms in total. The van der Waals surface area contributed by atoms with Crippen LogP contribution in [0.1, 0.15) is 51.8 Å². The number of benzene rings is 1. The van der Waals surface area contributed by atoms with E-state index in [9.17, 15) is 4.79 Å². The van der Waals surface area contributed by atoms with Crippen molar-refractivity contribution >= 4 is 29.0 Å². The Kier molecular flexibility index (Phi) is 5.61. The Morgan fingerprint density at radius 1 is 1.25 bits per heavy atom. The van der Waals surface area contributed by atoms with E-state index in [0.717, 1.165) is 11.3 Å². The van der Waals surface area contributed by atoms with Crippen LogP contribution in [-0.2, 0) is 11.3 Å². The highest BCUT2D eigenvalue weighted by Crippen LogP contribution is 2.29. The van der Waals surface area contributed by atoms with Gasteiger partial charge in [-0.25, -0.2) is 14.3 Å². The maximum absolute atomic E-state index is 13.1. The van der Waals surface area contributed by atoms with Crippen molar-refractivity contribution in [2.24, 2.45) is 0 Å². The van der Waals surface area contributed by atoms with Crippen LogP contribution < -0.4 is 4.90 Å². The number of anilines is 1. The van der Waals surface area contributed by atoms with Gasteiger partial charge >= 0.3 is 6.09 Å². The topological polar surface area (TPSA) is 59.7 Å². The fraction of sp³-hybridized carbons (Fsp3) is 0.381. The molecule has 2 aromatic heterocycles. The molecule has 2 heterocycles. The molecule has 0 unspecified atom stereocenters. The van der Waals surface area contributed by atoms with Gasteiger partial charge in [0.15, 0.2) is 10.8 Å². The summed E-state index contributed by atoms with van der Waals surface area (Å²) in [6.45, 7) is 9.96. The minimum atomic E-state index is -0.627. The molecule has 0 aliphatic heterocycles. The summed E-state index contributed by atoms with van der Waals surface area (Å²) >= 11 is 6.30. The van der Waals surface area contributed by atoms with Gasteiger partial charge in [-0.3, -0.25) is 4.90 Å². The van der Waals surface area contributed by atoms with Crippen molar-refractivity contribution < 1.29 is 9.53 Å². The van der Waals surface area contributed by atoms with Gasteiger partial charge in [0.25, 0.3) is 0 Å². The Morgan fingerprint density at radius 2 is 1.93 bits per heavy atom. The third-order valence-electron chi connectivity index (χ3n) is 4.12. The first-order valence-electron chi connectivity index (χ1n) is 9.24. The molecule has 0 bridgehead atoms. The minimum absolute atomic E-state index is 0.206. The van der Waals surface area contributed by atoms with E-state index in [-0.39, 0.29) is 11.1 Å². The molecule has 148 valence electrons. The third-order valence-corrected chi connectivity index (χ3v) is 4.31. The number of amides is 1. The van der Waals surface area contributed by atoms with Crippen LogP contribution >= 0.6 is 11.6 Å². The first kappa shape index (κ1) is 20.1. The van der Waals surface area contributed by atoms with E-state index < -0.39 is 11.7 Å². The summed E-state index contributed by atoms with van der Waals surface area (Å²) in [5.74, 6) is 0.206. The number of carbonyl (C=O) groups is 1. The molecule has 0 N–H and O–H groups in total. The molecule has 0 saturated carbocycles. The van der Waals surface area contributed by atoms with Crippen molar-refractivity contribution in [3.05, 3.63) is 59.0 Å². The second-order valence-electron chi connectivity index (χ2n) is 7.98. The number of halogens is 1. The number of carbonyl (C=O) groups excluding carboxylic acids is 1. The van der Waals surface area contributed by atoms with Gasteiger partial charge in [-0.1, -0.05) is 55.8 Å². The zero-order chi connectivity index (χ0) is 20.5. The van der Waals surface area contributed by atoms with E-state index in [1.807, 2.05) is 51.1 Å². The van der Waals surface area contributed by atoms with Crippen LogP contribution in [0, 0.1) is 0 Å². The van der Waals surface area contributed by atoms with Crippen LogP contribution in [0.25, 0.3) is 5.65 Å². The molecule has 0 aliphatic rings. The number of hydrogen-bond donors (Lipinski definition) is 0. The molecule has 1 aromatic carbocycles. The Bertz CT molecular complexity index is 977. The summed E-state index contributed by atoms with van der Waals surface area (Å²) in [6.07, 6.45) is 1.30. The highest BCUT2D eigenvalue weighted by Gasteiger charge is 2.27. The second kappa shape index (κ2) is 7.80. The predicted molar refractivity (Wildman–Crippen MR) is 111 cm³/mol. The van der Waals surface area contributed by atoms with Crippen molar-refractivity contribution in [2.75, 3.05) is 4.90 Å². The van der Waals surface area contributed by atoms with Crippen molar-refractivity contribution in [3.63, 3.8) is 0 Å². The van der Waals surface area contributed by atoms with Crippen molar-refractivity contribution in [2.45, 2.75) is 52.7 Å². The summed E-state index contributed by atoms with van der Waals surface area (Å²) in [7, 11) is 0. The fourth-order valence-electron chi connectivity index (χ4n) is 2.86. The SMILES string of the molecule is CC(C)c1cnc2c(N(Cc3ccccc3)C(=O)OC(C)(C)C)cc(Cl)nn12. The van der Waals surface area contributed by atoms with Gasteiger partial charge in [0.05, 0.1) is 24.1 Å². The largest absolute Gasteiger partial charge is 0.443 e. The molecule has 0 radical (unpaired) electrons. The van der Waals surface area contributed by atoms with E-state index in [2.05, 4.69) is 23.9 Å². The lowest BCUT2D eigenvalue weighted by atomic mass is 10.1. The molecule has 28 heavy (non-hydrogen) atoms. The molecule has 3 aromatic rings. The lowest BCUT2D eigenvalue weighted by molar-refractivity contribution is 0.0577. The molecule has 0 aliphatic carbocycles. The van der Waals surface area contributed by atoms with Crippen LogP contribution in [0.2, 0.25) is 5.15 Å². The average molecular weight is 401 g/mol. The monoisotopic (exact) mass is 400 g/mol. The quantitative estimate of drug-likeness (QED) is 0.584. The van der Waals surface area contributed by atoms with Gasteiger partial charge in [-0.15, -0.1) is 0 Å². The van der Waals surface area contributed by atoms with Crippen LogP contribution in [0.5, 0.6) is 0 Å². The number of nitrogens with zero attached hydrogens (tertiary/aromatic N) is 4. The summed E-state index contributed by atoms with van der Waals surface area (Å²) < 4.78 is 7.36. The van der Waals surface area contributed by atoms with E-state index in [4.69, 9.17) is 16.3 Å². The van der Waals surface area contributed by atoms with Crippen LogP contribution in [-0.4, -0.2) is 26.3 Å². The molecule has 3 rings (SSSR count). The highest BCUT2D eigenvalue weighted by atomic mass is 35.5. The molecule has 0 saturated heterocycles. The third kappa shape index (κ3) is 4.44. The maximum atomic E-state index is 13.1. The number of rotatable bonds is 4. The molecular formula is C21H25ClN4O2. The fourth-order valence-corrected chi connectivity index (χ4v) is 3.04. The van der Waals surface area contributed by atoms with E-state index in [1.165, 1.54) is 0 Å². The minimum Gasteiger partial charge on any atom is -0.443 e. The zero-order valence-corrected chi connectivity index (χ0v) is 17.6. The van der Waals surface area contributed by atoms with Gasteiger partial charge < -0.3 is 4.74 Å². The van der Waals surface area contributed by atoms with Crippen LogP contribution in [0.3, 0.4) is 0 Å². The van der Waals surface area contributed by atoms with E-state index in [1.54, 1.807) is 21.7 Å². The maximum Gasteiger partial charge on any atom is 0.415 e. The predicted octanol–water partition coefficient (Wildman–Crippen LogP) is 5.45. The van der Waals surface area contributed by atoms with Crippen molar-refractivity contribution in [1.82, 2.24) is 14.6 Å². The van der Waals surface area contributed by atoms with E-state index in [0.29, 0.717) is 17.9 Å². The van der Waals surface area contributed by atoms with E-state index >= 15 is 0 Å². The average Bonchev–Trinajstić information content (AvgIpc) is 3.02. The Balaban J connectivity index is 2.13. The molecule has 7 heteroatoms. The van der Waals surface area contributed by atoms with Gasteiger partial charge in [-0.05, 0) is 32.3 Å². The number of aromatic nitrogens is 3. The standard InChI is InChI=1S/C21H25ClN4O2/c1-14(2)17-12-23-19-16(11-18(22)24-26(17)19)25(20(27)28-21(3,4)5)13-15-9-7-6-8-10-15/h6-12,14H,13H2,1-5H3. The number of fused-ring (bicyclic) bond motifs is 1. The smallest absolute Gasteiger partial charge is 0.415 e. The molecule has 0 fully saturated rings. The zero-order valence-electron chi connectivity index (χ0n) is 16.8. The second-order valence-corrected chi connectivity index (χ2v) is 8.36.